The summed E-state index contributed by atoms with van der Waals surface area (Å²) in [6.07, 6.45) is 1.09. The molecule has 0 spiro atoms. The van der Waals surface area contributed by atoms with Crippen LogP contribution in [0.2, 0.25) is 0 Å². The normalized spacial score (nSPS) is 13.0. The summed E-state index contributed by atoms with van der Waals surface area (Å²) in [4.78, 5) is 24.7. The molecule has 1 aromatic heterocycles. The first-order chi connectivity index (χ1) is 12.6. The second-order valence-corrected chi connectivity index (χ2v) is 6.96. The Morgan fingerprint density at radius 1 is 1.12 bits per heavy atom. The number of fused-ring (bicyclic) bond motifs is 1. The van der Waals surface area contributed by atoms with Crippen LogP contribution in [0.15, 0.2) is 53.9 Å². The van der Waals surface area contributed by atoms with Crippen LogP contribution in [-0.2, 0) is 11.2 Å². The van der Waals surface area contributed by atoms with Gasteiger partial charge in [-0.15, -0.1) is 11.3 Å². The largest absolute Gasteiger partial charge is 0.326 e. The molecule has 0 saturated heterocycles. The zero-order chi connectivity index (χ0) is 18.1. The lowest BCUT2D eigenvalue weighted by Gasteiger charge is -2.17. The van der Waals surface area contributed by atoms with Gasteiger partial charge in [-0.2, -0.15) is 0 Å². The molecule has 0 fully saturated rings. The Bertz CT molecular complexity index is 1010. The van der Waals surface area contributed by atoms with Crippen molar-refractivity contribution < 1.29 is 14.0 Å². The highest BCUT2D eigenvalue weighted by Gasteiger charge is 2.18. The molecule has 0 radical (unpaired) electrons. The highest BCUT2D eigenvalue weighted by molar-refractivity contribution is 7.12. The Morgan fingerprint density at radius 2 is 2.00 bits per heavy atom. The van der Waals surface area contributed by atoms with Crippen LogP contribution in [0.1, 0.15) is 21.7 Å². The smallest absolute Gasteiger partial charge is 0.266 e. The summed E-state index contributed by atoms with van der Waals surface area (Å²) >= 11 is 1.32. The zero-order valence-corrected chi connectivity index (χ0v) is 14.5. The first kappa shape index (κ1) is 16.5. The van der Waals surface area contributed by atoms with E-state index in [1.165, 1.54) is 23.5 Å². The van der Waals surface area contributed by atoms with Gasteiger partial charge in [0.2, 0.25) is 5.91 Å². The molecule has 4 rings (SSSR count). The van der Waals surface area contributed by atoms with Gasteiger partial charge in [-0.05, 0) is 59.3 Å². The Morgan fingerprint density at radius 3 is 2.85 bits per heavy atom. The van der Waals surface area contributed by atoms with E-state index >= 15 is 0 Å². The highest BCUT2D eigenvalue weighted by atomic mass is 32.1. The van der Waals surface area contributed by atoms with Crippen molar-refractivity contribution in [2.75, 3.05) is 10.6 Å². The Balaban J connectivity index is 1.58. The molecule has 0 aliphatic carbocycles. The van der Waals surface area contributed by atoms with Crippen LogP contribution >= 0.6 is 11.3 Å². The van der Waals surface area contributed by atoms with Crippen molar-refractivity contribution in [2.24, 2.45) is 0 Å². The van der Waals surface area contributed by atoms with Crippen molar-refractivity contribution in [3.63, 3.8) is 0 Å². The second kappa shape index (κ2) is 6.72. The lowest BCUT2D eigenvalue weighted by molar-refractivity contribution is -0.116. The maximum absolute atomic E-state index is 13.5. The number of hydrogen-bond donors (Lipinski definition) is 2. The van der Waals surface area contributed by atoms with Crippen LogP contribution in [0.25, 0.3) is 11.1 Å². The Kier molecular flexibility index (Phi) is 4.26. The van der Waals surface area contributed by atoms with Crippen molar-refractivity contribution in [3.05, 3.63) is 70.2 Å². The van der Waals surface area contributed by atoms with E-state index in [1.54, 1.807) is 24.3 Å². The summed E-state index contributed by atoms with van der Waals surface area (Å²) in [5.74, 6) is -0.566. The van der Waals surface area contributed by atoms with E-state index in [9.17, 15) is 14.0 Å². The number of halogens is 1. The fraction of sp³-hybridized carbons (Fsp3) is 0.100. The molecule has 1 aliphatic rings. The number of benzene rings is 2. The van der Waals surface area contributed by atoms with E-state index in [1.807, 2.05) is 17.5 Å². The average molecular weight is 366 g/mol. The fourth-order valence-corrected chi connectivity index (χ4v) is 3.83. The first-order valence-corrected chi connectivity index (χ1v) is 9.06. The van der Waals surface area contributed by atoms with Crippen molar-refractivity contribution in [1.29, 1.82) is 0 Å². The fourth-order valence-electron chi connectivity index (χ4n) is 3.02. The number of anilines is 2. The molecule has 3 aromatic rings. The monoisotopic (exact) mass is 366 g/mol. The minimum atomic E-state index is -0.336. The van der Waals surface area contributed by atoms with Gasteiger partial charge in [0.25, 0.3) is 5.91 Å². The highest BCUT2D eigenvalue weighted by Crippen LogP contribution is 2.30. The molecule has 0 saturated carbocycles. The standard InChI is InChI=1S/C20H15FN2O2S/c21-14-3-1-2-12(10-14)16-8-9-26-19(16)20(25)22-15-5-6-17-13(11-15)4-7-18(24)23-17/h1-3,5-6,8-11H,4,7H2,(H,22,25)(H,23,24). The van der Waals surface area contributed by atoms with Crippen LogP contribution in [0.4, 0.5) is 15.8 Å². The Labute approximate surface area is 153 Å². The molecular formula is C20H15FN2O2S. The van der Waals surface area contributed by atoms with Crippen molar-refractivity contribution >= 4 is 34.5 Å². The van der Waals surface area contributed by atoms with E-state index in [-0.39, 0.29) is 17.6 Å². The van der Waals surface area contributed by atoms with Crippen LogP contribution in [-0.4, -0.2) is 11.8 Å². The molecule has 1 aliphatic heterocycles. The van der Waals surface area contributed by atoms with Gasteiger partial charge < -0.3 is 10.6 Å². The third kappa shape index (κ3) is 3.23. The summed E-state index contributed by atoms with van der Waals surface area (Å²) in [5, 5.41) is 7.53. The van der Waals surface area contributed by atoms with Crippen molar-refractivity contribution in [1.82, 2.24) is 0 Å². The van der Waals surface area contributed by atoms with Gasteiger partial charge in [-0.3, -0.25) is 9.59 Å². The molecule has 2 amide bonds. The minimum absolute atomic E-state index is 0.00704. The summed E-state index contributed by atoms with van der Waals surface area (Å²) in [6.45, 7) is 0. The number of rotatable bonds is 3. The first-order valence-electron chi connectivity index (χ1n) is 8.18. The quantitative estimate of drug-likeness (QED) is 0.706. The van der Waals surface area contributed by atoms with Gasteiger partial charge >= 0.3 is 0 Å². The van der Waals surface area contributed by atoms with E-state index in [4.69, 9.17) is 0 Å². The molecular weight excluding hydrogens is 351 g/mol. The number of carbonyl (C=O) groups is 2. The predicted molar refractivity (Wildman–Crippen MR) is 101 cm³/mol. The third-order valence-corrected chi connectivity index (χ3v) is 5.18. The number of thiophene rings is 1. The molecule has 130 valence electrons. The average Bonchev–Trinajstić information content (AvgIpc) is 3.12. The third-order valence-electron chi connectivity index (χ3n) is 4.27. The number of aryl methyl sites for hydroxylation is 1. The maximum atomic E-state index is 13.5. The van der Waals surface area contributed by atoms with Gasteiger partial charge in [0.1, 0.15) is 5.82 Å². The van der Waals surface area contributed by atoms with Gasteiger partial charge in [0, 0.05) is 23.4 Å². The lowest BCUT2D eigenvalue weighted by Crippen LogP contribution is -2.19. The molecule has 6 heteroatoms. The molecule has 26 heavy (non-hydrogen) atoms. The molecule has 0 atom stereocenters. The molecule has 2 aromatic carbocycles. The number of hydrogen-bond acceptors (Lipinski definition) is 3. The van der Waals surface area contributed by atoms with Crippen LogP contribution in [0.5, 0.6) is 0 Å². The summed E-state index contributed by atoms with van der Waals surface area (Å²) in [6, 6.07) is 13.5. The summed E-state index contributed by atoms with van der Waals surface area (Å²) < 4.78 is 13.5. The topological polar surface area (TPSA) is 58.2 Å². The van der Waals surface area contributed by atoms with Gasteiger partial charge in [-0.25, -0.2) is 4.39 Å². The van der Waals surface area contributed by atoms with Crippen LogP contribution < -0.4 is 10.6 Å². The van der Waals surface area contributed by atoms with Crippen molar-refractivity contribution in [3.8, 4) is 11.1 Å². The molecule has 0 bridgehead atoms. The number of carbonyl (C=O) groups excluding carboxylic acids is 2. The second-order valence-electron chi connectivity index (χ2n) is 6.05. The minimum Gasteiger partial charge on any atom is -0.326 e. The molecule has 0 unspecified atom stereocenters. The van der Waals surface area contributed by atoms with E-state index < -0.39 is 0 Å². The predicted octanol–water partition coefficient (Wildman–Crippen LogP) is 4.69. The van der Waals surface area contributed by atoms with Crippen molar-refractivity contribution in [2.45, 2.75) is 12.8 Å². The molecule has 4 nitrogen and oxygen atoms in total. The van der Waals surface area contributed by atoms with E-state index in [0.717, 1.165) is 11.3 Å². The summed E-state index contributed by atoms with van der Waals surface area (Å²) in [5.41, 5.74) is 3.83. The van der Waals surface area contributed by atoms with E-state index in [0.29, 0.717) is 34.5 Å². The lowest BCUT2D eigenvalue weighted by atomic mass is 10.0. The number of amides is 2. The van der Waals surface area contributed by atoms with Gasteiger partial charge in [-0.1, -0.05) is 12.1 Å². The number of nitrogens with one attached hydrogen (secondary N) is 2. The molecule has 2 N–H and O–H groups in total. The summed E-state index contributed by atoms with van der Waals surface area (Å²) in [7, 11) is 0. The zero-order valence-electron chi connectivity index (χ0n) is 13.7. The van der Waals surface area contributed by atoms with Gasteiger partial charge in [0.15, 0.2) is 0 Å². The Hall–Kier alpha value is -2.99. The van der Waals surface area contributed by atoms with Crippen LogP contribution in [0.3, 0.4) is 0 Å². The van der Waals surface area contributed by atoms with Gasteiger partial charge in [0.05, 0.1) is 4.88 Å². The van der Waals surface area contributed by atoms with E-state index in [2.05, 4.69) is 10.6 Å². The van der Waals surface area contributed by atoms with Crippen LogP contribution in [0, 0.1) is 5.82 Å². The molecule has 2 heterocycles. The maximum Gasteiger partial charge on any atom is 0.266 e. The SMILES string of the molecule is O=C1CCc2cc(NC(=O)c3sccc3-c3cccc(F)c3)ccc2N1.